The van der Waals surface area contributed by atoms with Gasteiger partial charge in [-0.2, -0.15) is 8.78 Å². The van der Waals surface area contributed by atoms with Crippen LogP contribution in [0.1, 0.15) is 21.5 Å². The number of hydrogen-bond acceptors (Lipinski definition) is 5. The summed E-state index contributed by atoms with van der Waals surface area (Å²) < 4.78 is 54.4. The molecule has 0 aromatic carbocycles. The zero-order valence-electron chi connectivity index (χ0n) is 13.3. The number of nitrogens with two attached hydrogens (primary N) is 1. The normalized spacial score (nSPS) is 14.0. The molecule has 0 aliphatic carbocycles. The van der Waals surface area contributed by atoms with Crippen molar-refractivity contribution in [3.63, 3.8) is 0 Å². The van der Waals surface area contributed by atoms with E-state index in [-0.39, 0.29) is 18.3 Å². The number of rotatable bonds is 6. The second-order valence-corrected chi connectivity index (χ2v) is 5.74. The number of alkyl halides is 4. The molecule has 0 unspecified atom stereocenters. The number of aromatic nitrogens is 2. The van der Waals surface area contributed by atoms with Gasteiger partial charge in [0, 0.05) is 36.1 Å². The molecule has 10 heteroatoms. The Morgan fingerprint density at radius 3 is 2.65 bits per heavy atom. The third-order valence-corrected chi connectivity index (χ3v) is 3.86. The quantitative estimate of drug-likeness (QED) is 0.790. The van der Waals surface area contributed by atoms with Gasteiger partial charge < -0.3 is 15.4 Å². The fraction of sp³-hybridized carbons (Fsp3) is 0.312. The van der Waals surface area contributed by atoms with Gasteiger partial charge in [0.05, 0.1) is 6.54 Å². The lowest BCUT2D eigenvalue weighted by Gasteiger charge is -2.17. The zero-order chi connectivity index (χ0) is 18.9. The predicted molar refractivity (Wildman–Crippen MR) is 82.9 cm³/mol. The maximum atomic E-state index is 12.8. The van der Waals surface area contributed by atoms with Crippen LogP contribution in [0.5, 0.6) is 5.88 Å². The Morgan fingerprint density at radius 2 is 2.04 bits per heavy atom. The molecule has 1 aliphatic rings. The number of fused-ring (bicyclic) bond motifs is 1. The average Bonchev–Trinajstić information content (AvgIpc) is 2.92. The molecule has 2 aromatic rings. The van der Waals surface area contributed by atoms with E-state index in [1.807, 2.05) is 0 Å². The first-order valence-corrected chi connectivity index (χ1v) is 7.54. The number of carbonyl (C=O) groups excluding carboxylic acids is 1. The molecular weight excluding hydrogens is 356 g/mol. The molecule has 0 saturated heterocycles. The lowest BCUT2D eigenvalue weighted by Crippen LogP contribution is -2.33. The Labute approximate surface area is 145 Å². The first kappa shape index (κ1) is 17.9. The summed E-state index contributed by atoms with van der Waals surface area (Å²) in [6.07, 6.45) is -1.03. The van der Waals surface area contributed by atoms with Crippen LogP contribution in [0.2, 0.25) is 0 Å². The van der Waals surface area contributed by atoms with Gasteiger partial charge in [0.2, 0.25) is 5.88 Å². The number of ether oxygens (including phenoxy) is 1. The molecule has 3 heterocycles. The van der Waals surface area contributed by atoms with E-state index in [2.05, 4.69) is 14.7 Å². The van der Waals surface area contributed by atoms with Gasteiger partial charge in [0.25, 0.3) is 5.91 Å². The largest absolute Gasteiger partial charge is 0.471 e. The second-order valence-electron chi connectivity index (χ2n) is 5.74. The molecule has 1 aliphatic heterocycles. The average molecular weight is 370 g/mol. The second kappa shape index (κ2) is 6.77. The Morgan fingerprint density at radius 1 is 1.27 bits per heavy atom. The van der Waals surface area contributed by atoms with Crippen molar-refractivity contribution in [2.24, 2.45) is 0 Å². The molecule has 0 saturated carbocycles. The van der Waals surface area contributed by atoms with E-state index in [4.69, 9.17) is 5.73 Å². The minimum Gasteiger partial charge on any atom is -0.471 e. The van der Waals surface area contributed by atoms with Crippen molar-refractivity contribution in [3.8, 4) is 5.88 Å². The van der Waals surface area contributed by atoms with Crippen LogP contribution in [0.3, 0.4) is 0 Å². The van der Waals surface area contributed by atoms with Gasteiger partial charge in [0.1, 0.15) is 5.82 Å². The van der Waals surface area contributed by atoms with Gasteiger partial charge in [-0.05, 0) is 11.6 Å². The van der Waals surface area contributed by atoms with Crippen LogP contribution in [-0.2, 0) is 13.1 Å². The molecule has 138 valence electrons. The van der Waals surface area contributed by atoms with E-state index in [0.29, 0.717) is 29.1 Å². The van der Waals surface area contributed by atoms with E-state index < -0.39 is 19.0 Å². The fourth-order valence-corrected chi connectivity index (χ4v) is 2.48. The van der Waals surface area contributed by atoms with Crippen LogP contribution in [0.15, 0.2) is 30.6 Å². The standard InChI is InChI=1S/C16H14F4N4O2/c17-15(18)16(19,20)8-26-12-2-1-9(5-23-12)6-24-7-11-10(14(24)25)3-4-22-13(11)21/h1-5,15H,6-8H2,(H2,21,22). The highest BCUT2D eigenvalue weighted by atomic mass is 19.3. The lowest BCUT2D eigenvalue weighted by molar-refractivity contribution is -0.148. The van der Waals surface area contributed by atoms with E-state index in [1.165, 1.54) is 29.4 Å². The Balaban J connectivity index is 1.62. The summed E-state index contributed by atoms with van der Waals surface area (Å²) in [5.74, 6) is -4.37. The molecule has 2 aromatic heterocycles. The monoisotopic (exact) mass is 370 g/mol. The molecule has 0 fully saturated rings. The van der Waals surface area contributed by atoms with Crippen LogP contribution >= 0.6 is 0 Å². The Hall–Kier alpha value is -2.91. The molecule has 1 amide bonds. The van der Waals surface area contributed by atoms with Crippen LogP contribution < -0.4 is 10.5 Å². The fourth-order valence-electron chi connectivity index (χ4n) is 2.48. The van der Waals surface area contributed by atoms with Crippen molar-refractivity contribution >= 4 is 11.7 Å². The predicted octanol–water partition coefficient (Wildman–Crippen LogP) is 2.49. The van der Waals surface area contributed by atoms with Crippen molar-refractivity contribution < 1.29 is 27.1 Å². The molecule has 0 spiro atoms. The van der Waals surface area contributed by atoms with Crippen molar-refractivity contribution in [3.05, 3.63) is 47.3 Å². The van der Waals surface area contributed by atoms with Crippen molar-refractivity contribution in [1.82, 2.24) is 14.9 Å². The van der Waals surface area contributed by atoms with Gasteiger partial charge in [-0.25, -0.2) is 18.7 Å². The topological polar surface area (TPSA) is 81.3 Å². The molecule has 3 rings (SSSR count). The van der Waals surface area contributed by atoms with Gasteiger partial charge in [0.15, 0.2) is 6.61 Å². The number of amides is 1. The number of hydrogen-bond donors (Lipinski definition) is 1. The highest BCUT2D eigenvalue weighted by Gasteiger charge is 2.41. The van der Waals surface area contributed by atoms with Gasteiger partial charge in [-0.3, -0.25) is 4.79 Å². The van der Waals surface area contributed by atoms with Gasteiger partial charge >= 0.3 is 12.3 Å². The highest BCUT2D eigenvalue weighted by Crippen LogP contribution is 2.27. The van der Waals surface area contributed by atoms with Crippen LogP contribution in [0.25, 0.3) is 0 Å². The first-order valence-electron chi connectivity index (χ1n) is 7.54. The van der Waals surface area contributed by atoms with E-state index >= 15 is 0 Å². The molecule has 2 N–H and O–H groups in total. The van der Waals surface area contributed by atoms with Gasteiger partial charge in [-0.1, -0.05) is 6.07 Å². The van der Waals surface area contributed by atoms with E-state index in [0.717, 1.165) is 0 Å². The number of nitrogen functional groups attached to an aromatic ring is 1. The number of anilines is 1. The van der Waals surface area contributed by atoms with Crippen LogP contribution in [-0.4, -0.2) is 39.7 Å². The van der Waals surface area contributed by atoms with Crippen molar-refractivity contribution in [2.75, 3.05) is 12.3 Å². The number of carbonyl (C=O) groups is 1. The van der Waals surface area contributed by atoms with Crippen LogP contribution in [0, 0.1) is 0 Å². The molecule has 0 radical (unpaired) electrons. The van der Waals surface area contributed by atoms with Crippen molar-refractivity contribution in [2.45, 2.75) is 25.4 Å². The summed E-state index contributed by atoms with van der Waals surface area (Å²) in [4.78, 5) is 21.6. The number of pyridine rings is 2. The first-order chi connectivity index (χ1) is 12.3. The summed E-state index contributed by atoms with van der Waals surface area (Å²) in [7, 11) is 0. The molecule has 26 heavy (non-hydrogen) atoms. The summed E-state index contributed by atoms with van der Waals surface area (Å²) in [6, 6.07) is 4.38. The van der Waals surface area contributed by atoms with Crippen molar-refractivity contribution in [1.29, 1.82) is 0 Å². The minimum atomic E-state index is -4.25. The SMILES string of the molecule is Nc1nccc2c1CN(Cc1ccc(OCC(F)(F)C(F)F)nc1)C2=O. The third-order valence-electron chi connectivity index (χ3n) is 3.86. The zero-order valence-corrected chi connectivity index (χ0v) is 13.3. The Kier molecular flexibility index (Phi) is 4.66. The minimum absolute atomic E-state index is 0.203. The molecular formula is C16H14F4N4O2. The van der Waals surface area contributed by atoms with Crippen LogP contribution in [0.4, 0.5) is 23.4 Å². The summed E-state index contributed by atoms with van der Waals surface area (Å²) in [5.41, 5.74) is 7.52. The smallest absolute Gasteiger partial charge is 0.340 e. The summed E-state index contributed by atoms with van der Waals surface area (Å²) >= 11 is 0. The maximum Gasteiger partial charge on any atom is 0.340 e. The third kappa shape index (κ3) is 3.53. The summed E-state index contributed by atoms with van der Waals surface area (Å²) in [5, 5.41) is 0. The summed E-state index contributed by atoms with van der Waals surface area (Å²) in [6.45, 7) is -0.955. The number of nitrogens with zero attached hydrogens (tertiary/aromatic N) is 3. The Bertz CT molecular complexity index is 814. The lowest BCUT2D eigenvalue weighted by atomic mass is 10.2. The van der Waals surface area contributed by atoms with Gasteiger partial charge in [-0.15, -0.1) is 0 Å². The molecule has 0 atom stereocenters. The number of halogens is 4. The molecule has 6 nitrogen and oxygen atoms in total. The highest BCUT2D eigenvalue weighted by molar-refractivity contribution is 5.99. The van der Waals surface area contributed by atoms with E-state index in [9.17, 15) is 22.4 Å². The van der Waals surface area contributed by atoms with E-state index in [1.54, 1.807) is 6.07 Å². The molecule has 0 bridgehead atoms. The maximum absolute atomic E-state index is 12.8.